The molecule has 0 unspecified atom stereocenters. The lowest BCUT2D eigenvalue weighted by Crippen LogP contribution is -2.03. The van der Waals surface area contributed by atoms with E-state index in [1.54, 1.807) is 35.2 Å². The third-order valence-corrected chi connectivity index (χ3v) is 3.94. The van der Waals surface area contributed by atoms with Crippen molar-refractivity contribution in [3.63, 3.8) is 0 Å². The van der Waals surface area contributed by atoms with Crippen molar-refractivity contribution in [3.8, 4) is 5.82 Å². The van der Waals surface area contributed by atoms with Gasteiger partial charge in [0, 0.05) is 35.6 Å². The van der Waals surface area contributed by atoms with E-state index in [1.807, 2.05) is 6.07 Å². The van der Waals surface area contributed by atoms with Crippen LogP contribution in [0.2, 0.25) is 0 Å². The van der Waals surface area contributed by atoms with Crippen molar-refractivity contribution in [1.82, 2.24) is 14.8 Å². The molecule has 4 nitrogen and oxygen atoms in total. The highest BCUT2D eigenvalue weighted by Gasteiger charge is 2.25. The minimum absolute atomic E-state index is 0.0842. The Kier molecular flexibility index (Phi) is 2.92. The van der Waals surface area contributed by atoms with E-state index in [2.05, 4.69) is 10.2 Å². The molecule has 2 aromatic heterocycles. The van der Waals surface area contributed by atoms with E-state index in [9.17, 15) is 9.18 Å². The first kappa shape index (κ1) is 13.0. The highest BCUT2D eigenvalue weighted by atomic mass is 19.1. The molecule has 1 aliphatic rings. The van der Waals surface area contributed by atoms with Crippen LogP contribution in [0.3, 0.4) is 0 Å². The van der Waals surface area contributed by atoms with Crippen molar-refractivity contribution < 1.29 is 9.18 Å². The molecule has 0 aliphatic heterocycles. The van der Waals surface area contributed by atoms with E-state index in [-0.39, 0.29) is 11.3 Å². The maximum atomic E-state index is 13.7. The van der Waals surface area contributed by atoms with Crippen LogP contribution in [0, 0.1) is 5.82 Å². The number of halogens is 1. The van der Waals surface area contributed by atoms with Crippen molar-refractivity contribution >= 4 is 5.78 Å². The van der Waals surface area contributed by atoms with Gasteiger partial charge in [0.15, 0.2) is 11.6 Å². The molecule has 1 fully saturated rings. The molecule has 110 valence electrons. The van der Waals surface area contributed by atoms with Crippen LogP contribution in [0.15, 0.2) is 48.8 Å². The summed E-state index contributed by atoms with van der Waals surface area (Å²) in [6.45, 7) is 0. The maximum absolute atomic E-state index is 13.7. The van der Waals surface area contributed by atoms with Crippen LogP contribution in [-0.2, 0) is 0 Å². The molecule has 22 heavy (non-hydrogen) atoms. The monoisotopic (exact) mass is 295 g/mol. The predicted molar refractivity (Wildman–Crippen MR) is 79.7 cm³/mol. The Bertz CT molecular complexity index is 845. The number of nitrogens with one attached hydrogen (secondary N) is 1. The molecule has 2 heterocycles. The smallest absolute Gasteiger partial charge is 0.197 e. The quantitative estimate of drug-likeness (QED) is 0.749. The fourth-order valence-corrected chi connectivity index (χ4v) is 2.54. The van der Waals surface area contributed by atoms with E-state index >= 15 is 0 Å². The van der Waals surface area contributed by atoms with E-state index in [0.29, 0.717) is 11.5 Å². The molecule has 0 spiro atoms. The highest BCUT2D eigenvalue weighted by molar-refractivity contribution is 6.09. The molecular formula is C17H14FN3O. The molecule has 1 N–H and O–H groups in total. The minimum Gasteiger partial charge on any atom is -0.306 e. The molecule has 0 bridgehead atoms. The summed E-state index contributed by atoms with van der Waals surface area (Å²) < 4.78 is 15.5. The van der Waals surface area contributed by atoms with Crippen LogP contribution >= 0.6 is 0 Å². The molecule has 1 aliphatic carbocycles. The molecule has 0 radical (unpaired) electrons. The van der Waals surface area contributed by atoms with E-state index < -0.39 is 5.82 Å². The number of carbonyl (C=O) groups excluding carboxylic acids is 1. The Hall–Kier alpha value is -2.69. The maximum Gasteiger partial charge on any atom is 0.197 e. The van der Waals surface area contributed by atoms with Crippen molar-refractivity contribution in [2.24, 2.45) is 0 Å². The predicted octanol–water partition coefficient (Wildman–Crippen LogP) is 3.45. The third-order valence-electron chi connectivity index (χ3n) is 3.94. The lowest BCUT2D eigenvalue weighted by atomic mass is 10.1. The van der Waals surface area contributed by atoms with Gasteiger partial charge in [-0.1, -0.05) is 12.1 Å². The van der Waals surface area contributed by atoms with E-state index in [0.717, 1.165) is 11.5 Å². The van der Waals surface area contributed by atoms with Crippen LogP contribution in [-0.4, -0.2) is 20.5 Å². The van der Waals surface area contributed by atoms with Gasteiger partial charge < -0.3 is 4.57 Å². The molecule has 0 amide bonds. The Labute approximate surface area is 126 Å². The molecule has 1 aromatic carbocycles. The van der Waals surface area contributed by atoms with Gasteiger partial charge in [-0.05, 0) is 31.0 Å². The minimum atomic E-state index is -0.504. The second kappa shape index (κ2) is 4.94. The van der Waals surface area contributed by atoms with Crippen molar-refractivity contribution in [1.29, 1.82) is 0 Å². The average molecular weight is 295 g/mol. The first-order valence-corrected chi connectivity index (χ1v) is 7.25. The second-order valence-electron chi connectivity index (χ2n) is 5.57. The van der Waals surface area contributed by atoms with Gasteiger partial charge in [-0.25, -0.2) is 4.39 Å². The first-order chi connectivity index (χ1) is 10.7. The largest absolute Gasteiger partial charge is 0.306 e. The van der Waals surface area contributed by atoms with Crippen LogP contribution in [0.1, 0.15) is 40.4 Å². The number of H-pyrrole nitrogens is 1. The summed E-state index contributed by atoms with van der Waals surface area (Å²) in [7, 11) is 0. The van der Waals surface area contributed by atoms with E-state index in [1.165, 1.54) is 25.0 Å². The number of aromatic amines is 1. The van der Waals surface area contributed by atoms with Crippen molar-refractivity contribution in [2.45, 2.75) is 18.8 Å². The summed E-state index contributed by atoms with van der Waals surface area (Å²) in [5.41, 5.74) is 1.66. The molecular weight excluding hydrogens is 281 g/mol. The topological polar surface area (TPSA) is 50.7 Å². The van der Waals surface area contributed by atoms with Crippen LogP contribution < -0.4 is 0 Å². The van der Waals surface area contributed by atoms with Gasteiger partial charge in [0.25, 0.3) is 0 Å². The standard InChI is InChI=1S/C17H14FN3O/c18-14-4-2-1-3-13(14)17(22)12-7-8-21(10-12)16-9-15(19-20-16)11-5-6-11/h1-4,7-11H,5-6H2,(H,19,20). The number of carbonyl (C=O) groups is 1. The summed E-state index contributed by atoms with van der Waals surface area (Å²) in [5.74, 6) is 0.511. The van der Waals surface area contributed by atoms with E-state index in [4.69, 9.17) is 0 Å². The average Bonchev–Trinajstić information content (AvgIpc) is 3.07. The number of benzene rings is 1. The summed E-state index contributed by atoms with van der Waals surface area (Å²) >= 11 is 0. The van der Waals surface area contributed by atoms with Crippen LogP contribution in [0.25, 0.3) is 5.82 Å². The molecule has 0 saturated heterocycles. The lowest BCUT2D eigenvalue weighted by molar-refractivity contribution is 0.103. The summed E-state index contributed by atoms with van der Waals surface area (Å²) in [5, 5.41) is 7.29. The zero-order valence-electron chi connectivity index (χ0n) is 11.8. The number of aromatic nitrogens is 3. The molecule has 0 atom stereocenters. The van der Waals surface area contributed by atoms with Gasteiger partial charge in [-0.2, -0.15) is 5.10 Å². The van der Waals surface area contributed by atoms with Crippen LogP contribution in [0.4, 0.5) is 4.39 Å². The third kappa shape index (κ3) is 2.24. The number of hydrogen-bond donors (Lipinski definition) is 1. The SMILES string of the molecule is O=C(c1ccn(-c2cc(C3CC3)[nH]n2)c1)c1ccccc1F. The molecule has 5 heteroatoms. The summed E-state index contributed by atoms with van der Waals surface area (Å²) in [6, 6.07) is 9.69. The summed E-state index contributed by atoms with van der Waals surface area (Å²) in [6.07, 6.45) is 5.84. The van der Waals surface area contributed by atoms with Crippen molar-refractivity contribution in [3.05, 3.63) is 71.4 Å². The number of nitrogens with zero attached hydrogens (tertiary/aromatic N) is 2. The zero-order chi connectivity index (χ0) is 15.1. The normalized spacial score (nSPS) is 14.2. The van der Waals surface area contributed by atoms with Gasteiger partial charge in [0.05, 0.1) is 5.56 Å². The number of hydrogen-bond acceptors (Lipinski definition) is 2. The fourth-order valence-electron chi connectivity index (χ4n) is 2.54. The van der Waals surface area contributed by atoms with Gasteiger partial charge in [-0.3, -0.25) is 9.89 Å². The van der Waals surface area contributed by atoms with Gasteiger partial charge in [0.2, 0.25) is 0 Å². The highest BCUT2D eigenvalue weighted by Crippen LogP contribution is 2.39. The Morgan fingerprint density at radius 1 is 1.27 bits per heavy atom. The van der Waals surface area contributed by atoms with Crippen LogP contribution in [0.5, 0.6) is 0 Å². The van der Waals surface area contributed by atoms with Gasteiger partial charge >= 0.3 is 0 Å². The Morgan fingerprint density at radius 3 is 2.86 bits per heavy atom. The fraction of sp³-hybridized carbons (Fsp3) is 0.176. The Morgan fingerprint density at radius 2 is 2.09 bits per heavy atom. The molecule has 1 saturated carbocycles. The number of ketones is 1. The molecule has 4 rings (SSSR count). The van der Waals surface area contributed by atoms with Crippen molar-refractivity contribution in [2.75, 3.05) is 0 Å². The second-order valence-corrected chi connectivity index (χ2v) is 5.57. The van der Waals surface area contributed by atoms with Gasteiger partial charge in [0.1, 0.15) is 5.82 Å². The summed E-state index contributed by atoms with van der Waals surface area (Å²) in [4.78, 5) is 12.4. The zero-order valence-corrected chi connectivity index (χ0v) is 11.8. The molecule has 3 aromatic rings. The lowest BCUT2D eigenvalue weighted by Gasteiger charge is -2.00. The Balaban J connectivity index is 1.63. The first-order valence-electron chi connectivity index (χ1n) is 7.25. The van der Waals surface area contributed by atoms with Gasteiger partial charge in [-0.15, -0.1) is 0 Å². The number of rotatable bonds is 4.